The van der Waals surface area contributed by atoms with Crippen LogP contribution in [-0.2, 0) is 16.1 Å². The van der Waals surface area contributed by atoms with Crippen LogP contribution in [0.5, 0.6) is 5.75 Å². The van der Waals surface area contributed by atoms with Crippen LogP contribution in [0.15, 0.2) is 60.3 Å². The van der Waals surface area contributed by atoms with Crippen LogP contribution in [0.3, 0.4) is 0 Å². The zero-order valence-corrected chi connectivity index (χ0v) is 19.2. The monoisotopic (exact) mass is 468 g/mol. The Morgan fingerprint density at radius 2 is 2.12 bits per heavy atom. The topological polar surface area (TPSA) is 79.1 Å². The van der Waals surface area contributed by atoms with E-state index in [0.29, 0.717) is 23.1 Å². The highest BCUT2D eigenvalue weighted by Crippen LogP contribution is 2.32. The molecule has 0 bridgehead atoms. The molecule has 0 fully saturated rings. The number of thioether (sulfide) groups is 1. The van der Waals surface area contributed by atoms with Gasteiger partial charge in [0.15, 0.2) is 0 Å². The van der Waals surface area contributed by atoms with Crippen molar-refractivity contribution in [1.29, 1.82) is 0 Å². The first-order valence-corrected chi connectivity index (χ1v) is 11.3. The predicted octanol–water partition coefficient (Wildman–Crippen LogP) is 5.01. The van der Waals surface area contributed by atoms with Crippen molar-refractivity contribution in [3.63, 3.8) is 0 Å². The minimum absolute atomic E-state index is 0.256. The van der Waals surface area contributed by atoms with Gasteiger partial charge in [-0.2, -0.15) is 0 Å². The highest BCUT2D eigenvalue weighted by Gasteiger charge is 2.14. The lowest BCUT2D eigenvalue weighted by Gasteiger charge is -2.15. The minimum atomic E-state index is -0.299. The Morgan fingerprint density at radius 1 is 1.25 bits per heavy atom. The molecule has 9 heteroatoms. The summed E-state index contributed by atoms with van der Waals surface area (Å²) in [6.45, 7) is 3.92. The fourth-order valence-electron chi connectivity index (χ4n) is 3.26. The molecule has 0 atom stereocenters. The molecule has 0 unspecified atom stereocenters. The Labute approximate surface area is 194 Å². The van der Waals surface area contributed by atoms with Gasteiger partial charge in [-0.15, -0.1) is 11.8 Å². The second-order valence-corrected chi connectivity index (χ2v) is 8.52. The maximum absolute atomic E-state index is 11.0. The first kappa shape index (κ1) is 22.1. The number of carbonyl (C=O) groups excluding carboxylic acids is 1. The largest absolute Gasteiger partial charge is 0.487 e. The maximum Gasteiger partial charge on any atom is 0.302 e. The number of aromatic nitrogens is 4. The molecule has 0 radical (unpaired) electrons. The van der Waals surface area contributed by atoms with Crippen LogP contribution in [0.2, 0.25) is 5.02 Å². The Hall–Kier alpha value is -3.10. The number of pyridine rings is 2. The van der Waals surface area contributed by atoms with Gasteiger partial charge in [0.1, 0.15) is 24.5 Å². The molecule has 0 saturated heterocycles. The van der Waals surface area contributed by atoms with Gasteiger partial charge in [-0.3, -0.25) is 9.78 Å². The highest BCUT2D eigenvalue weighted by molar-refractivity contribution is 7.99. The zero-order chi connectivity index (χ0) is 22.5. The molecule has 0 spiro atoms. The third-order valence-corrected chi connectivity index (χ3v) is 6.03. The number of carbonyl (C=O) groups is 1. The summed E-state index contributed by atoms with van der Waals surface area (Å²) in [6.07, 6.45) is 8.74. The number of benzene rings is 1. The number of esters is 1. The molecular formula is C23H21ClN4O3S. The molecule has 3 heterocycles. The molecule has 0 saturated carbocycles. The van der Waals surface area contributed by atoms with E-state index >= 15 is 0 Å². The van der Waals surface area contributed by atoms with E-state index in [1.54, 1.807) is 24.9 Å². The van der Waals surface area contributed by atoms with Crippen molar-refractivity contribution >= 4 is 40.2 Å². The van der Waals surface area contributed by atoms with E-state index < -0.39 is 0 Å². The second kappa shape index (κ2) is 10.0. The Morgan fingerprint density at radius 3 is 2.91 bits per heavy atom. The van der Waals surface area contributed by atoms with Gasteiger partial charge >= 0.3 is 5.97 Å². The SMILES string of the molecule is CC(=O)OCCSc1cncc(Cl)c1COc1cccc2c(-n3ccnc3)cc(C)nc12. The lowest BCUT2D eigenvalue weighted by atomic mass is 10.1. The van der Waals surface area contributed by atoms with Gasteiger partial charge in [0.05, 0.1) is 17.0 Å². The van der Waals surface area contributed by atoms with Gasteiger partial charge in [0, 0.05) is 59.0 Å². The summed E-state index contributed by atoms with van der Waals surface area (Å²) in [5, 5.41) is 1.48. The van der Waals surface area contributed by atoms with Gasteiger partial charge in [0.25, 0.3) is 0 Å². The number of hydrogen-bond acceptors (Lipinski definition) is 7. The predicted molar refractivity (Wildman–Crippen MR) is 125 cm³/mol. The molecule has 32 heavy (non-hydrogen) atoms. The normalized spacial score (nSPS) is 11.0. The van der Waals surface area contributed by atoms with E-state index in [4.69, 9.17) is 26.1 Å². The van der Waals surface area contributed by atoms with Crippen molar-refractivity contribution in [2.24, 2.45) is 0 Å². The number of ether oxygens (including phenoxy) is 2. The fraction of sp³-hybridized carbons (Fsp3) is 0.217. The summed E-state index contributed by atoms with van der Waals surface area (Å²) in [6, 6.07) is 7.87. The first-order chi connectivity index (χ1) is 15.5. The summed E-state index contributed by atoms with van der Waals surface area (Å²) in [5.74, 6) is 0.959. The number of fused-ring (bicyclic) bond motifs is 1. The first-order valence-electron chi connectivity index (χ1n) is 9.93. The van der Waals surface area contributed by atoms with Crippen molar-refractivity contribution in [2.75, 3.05) is 12.4 Å². The fourth-order valence-corrected chi connectivity index (χ4v) is 4.39. The van der Waals surface area contributed by atoms with Crippen LogP contribution in [0.1, 0.15) is 18.2 Å². The van der Waals surface area contributed by atoms with Crippen molar-refractivity contribution < 1.29 is 14.3 Å². The average molecular weight is 469 g/mol. The van der Waals surface area contributed by atoms with Crippen LogP contribution in [0, 0.1) is 6.92 Å². The molecule has 4 aromatic rings. The molecule has 3 aromatic heterocycles. The number of rotatable bonds is 8. The van der Waals surface area contributed by atoms with E-state index in [-0.39, 0.29) is 12.6 Å². The summed E-state index contributed by atoms with van der Waals surface area (Å²) in [7, 11) is 0. The smallest absolute Gasteiger partial charge is 0.302 e. The van der Waals surface area contributed by atoms with Gasteiger partial charge in [-0.05, 0) is 19.1 Å². The van der Waals surface area contributed by atoms with Crippen molar-refractivity contribution in [3.8, 4) is 11.4 Å². The highest BCUT2D eigenvalue weighted by atomic mass is 35.5. The Kier molecular flexibility index (Phi) is 6.92. The van der Waals surface area contributed by atoms with Gasteiger partial charge < -0.3 is 14.0 Å². The second-order valence-electron chi connectivity index (χ2n) is 6.98. The molecule has 7 nitrogen and oxygen atoms in total. The number of halogens is 1. The standard InChI is InChI=1S/C23H21ClN4O3S/c1-15-10-20(28-7-6-25-14-28)17-4-3-5-21(23(17)27-15)31-13-18-19(24)11-26-12-22(18)32-9-8-30-16(2)29/h3-7,10-12,14H,8-9,13H2,1-2H3. The van der Waals surface area contributed by atoms with E-state index in [2.05, 4.69) is 9.97 Å². The van der Waals surface area contributed by atoms with Crippen LogP contribution < -0.4 is 4.74 Å². The maximum atomic E-state index is 11.0. The van der Waals surface area contributed by atoms with Crippen molar-refractivity contribution in [3.05, 3.63) is 71.7 Å². The lowest BCUT2D eigenvalue weighted by molar-refractivity contribution is -0.140. The van der Waals surface area contributed by atoms with E-state index in [0.717, 1.165) is 32.7 Å². The molecule has 0 amide bonds. The molecular weight excluding hydrogens is 448 g/mol. The van der Waals surface area contributed by atoms with Gasteiger partial charge in [0.2, 0.25) is 0 Å². The Balaban J connectivity index is 1.60. The minimum Gasteiger partial charge on any atom is -0.487 e. The molecule has 0 aliphatic heterocycles. The average Bonchev–Trinajstić information content (AvgIpc) is 3.30. The van der Waals surface area contributed by atoms with Crippen molar-refractivity contribution in [2.45, 2.75) is 25.3 Å². The third-order valence-electron chi connectivity index (χ3n) is 4.67. The van der Waals surface area contributed by atoms with Gasteiger partial charge in [-0.25, -0.2) is 9.97 Å². The summed E-state index contributed by atoms with van der Waals surface area (Å²) in [4.78, 5) is 24.9. The van der Waals surface area contributed by atoms with E-state index in [9.17, 15) is 4.79 Å². The number of para-hydroxylation sites is 1. The molecule has 1 aromatic carbocycles. The lowest BCUT2D eigenvalue weighted by Crippen LogP contribution is -2.04. The number of nitrogens with zero attached hydrogens (tertiary/aromatic N) is 4. The molecule has 4 rings (SSSR count). The Bertz CT molecular complexity index is 1250. The van der Waals surface area contributed by atoms with Crippen LogP contribution in [-0.4, -0.2) is 37.8 Å². The summed E-state index contributed by atoms with van der Waals surface area (Å²) >= 11 is 7.94. The summed E-state index contributed by atoms with van der Waals surface area (Å²) in [5.41, 5.74) is 3.46. The van der Waals surface area contributed by atoms with E-state index in [1.807, 2.05) is 42.0 Å². The number of imidazole rings is 1. The quantitative estimate of drug-likeness (QED) is 0.204. The van der Waals surface area contributed by atoms with Crippen molar-refractivity contribution in [1.82, 2.24) is 19.5 Å². The van der Waals surface area contributed by atoms with Crippen LogP contribution >= 0.6 is 23.4 Å². The number of hydrogen-bond donors (Lipinski definition) is 0. The van der Waals surface area contributed by atoms with Crippen LogP contribution in [0.4, 0.5) is 0 Å². The summed E-state index contributed by atoms with van der Waals surface area (Å²) < 4.78 is 13.2. The molecule has 0 aliphatic carbocycles. The zero-order valence-electron chi connectivity index (χ0n) is 17.6. The number of aryl methyl sites for hydroxylation is 1. The van der Waals surface area contributed by atoms with Gasteiger partial charge in [-0.1, -0.05) is 23.7 Å². The molecule has 0 aliphatic rings. The third kappa shape index (κ3) is 5.03. The van der Waals surface area contributed by atoms with E-state index in [1.165, 1.54) is 18.7 Å². The molecule has 0 N–H and O–H groups in total. The van der Waals surface area contributed by atoms with Crippen LogP contribution in [0.25, 0.3) is 16.6 Å². The molecule has 164 valence electrons.